The summed E-state index contributed by atoms with van der Waals surface area (Å²) in [4.78, 5) is 18.9. The van der Waals surface area contributed by atoms with Crippen LogP contribution in [0, 0.1) is 0 Å². The molecule has 4 rings (SSSR count). The van der Waals surface area contributed by atoms with Crippen molar-refractivity contribution in [2.75, 3.05) is 18.0 Å². The molecule has 2 heterocycles. The van der Waals surface area contributed by atoms with Crippen molar-refractivity contribution >= 4 is 23.3 Å². The van der Waals surface area contributed by atoms with Gasteiger partial charge in [-0.3, -0.25) is 4.79 Å². The van der Waals surface area contributed by atoms with Gasteiger partial charge in [-0.25, -0.2) is 4.98 Å². The molecule has 1 fully saturated rings. The van der Waals surface area contributed by atoms with Gasteiger partial charge in [-0.2, -0.15) is 0 Å². The summed E-state index contributed by atoms with van der Waals surface area (Å²) >= 11 is 5.95. The fraction of sp³-hybridized carbons (Fsp3) is 0.280. The predicted molar refractivity (Wildman–Crippen MR) is 124 cm³/mol. The molecule has 31 heavy (non-hydrogen) atoms. The van der Waals surface area contributed by atoms with Gasteiger partial charge >= 0.3 is 0 Å². The highest BCUT2D eigenvalue weighted by Crippen LogP contribution is 2.35. The molecule has 0 bridgehead atoms. The van der Waals surface area contributed by atoms with Crippen molar-refractivity contribution in [3.05, 3.63) is 82.5 Å². The third kappa shape index (κ3) is 4.67. The molecule has 1 amide bonds. The molecule has 2 aromatic carbocycles. The van der Waals surface area contributed by atoms with E-state index in [9.17, 15) is 4.79 Å². The lowest BCUT2D eigenvalue weighted by Crippen LogP contribution is -2.21. The standard InChI is InChI=1S/C25H26ClN3O2/c1-16(2)20-5-3-4-6-23(20)31-19-8-9-21(22(13-19)25(27)30)17-11-12-29(15-17)24-10-7-18(26)14-28-24/h3-10,13-14,16-17H,11-12,15H2,1-2H3,(H2,27,30). The summed E-state index contributed by atoms with van der Waals surface area (Å²) in [6.45, 7) is 5.88. The fourth-order valence-electron chi connectivity index (χ4n) is 4.12. The van der Waals surface area contributed by atoms with Crippen molar-refractivity contribution in [1.29, 1.82) is 0 Å². The van der Waals surface area contributed by atoms with E-state index in [4.69, 9.17) is 22.1 Å². The van der Waals surface area contributed by atoms with Crippen LogP contribution in [-0.2, 0) is 0 Å². The molecule has 6 heteroatoms. The average molecular weight is 436 g/mol. The molecule has 0 radical (unpaired) electrons. The Morgan fingerprint density at radius 2 is 2.00 bits per heavy atom. The van der Waals surface area contributed by atoms with Crippen LogP contribution in [0.3, 0.4) is 0 Å². The molecule has 0 spiro atoms. The maximum absolute atomic E-state index is 12.3. The fourth-order valence-corrected chi connectivity index (χ4v) is 4.23. The van der Waals surface area contributed by atoms with E-state index in [2.05, 4.69) is 29.8 Å². The van der Waals surface area contributed by atoms with E-state index in [1.54, 1.807) is 12.3 Å². The van der Waals surface area contributed by atoms with Gasteiger partial charge in [0.1, 0.15) is 17.3 Å². The van der Waals surface area contributed by atoms with E-state index in [-0.39, 0.29) is 5.92 Å². The number of pyridine rings is 1. The second-order valence-electron chi connectivity index (χ2n) is 8.17. The molecule has 1 aromatic heterocycles. The molecule has 0 aliphatic carbocycles. The Labute approximate surface area is 187 Å². The smallest absolute Gasteiger partial charge is 0.249 e. The van der Waals surface area contributed by atoms with Gasteiger partial charge in [-0.05, 0) is 53.8 Å². The van der Waals surface area contributed by atoms with Crippen LogP contribution in [-0.4, -0.2) is 24.0 Å². The number of carbonyl (C=O) groups excluding carboxylic acids is 1. The number of nitrogens with two attached hydrogens (primary N) is 1. The van der Waals surface area contributed by atoms with Crippen LogP contribution >= 0.6 is 11.6 Å². The highest BCUT2D eigenvalue weighted by atomic mass is 35.5. The number of hydrogen-bond donors (Lipinski definition) is 1. The topological polar surface area (TPSA) is 68.4 Å². The number of benzene rings is 2. The molecule has 5 nitrogen and oxygen atoms in total. The second-order valence-corrected chi connectivity index (χ2v) is 8.61. The van der Waals surface area contributed by atoms with Crippen molar-refractivity contribution in [2.45, 2.75) is 32.1 Å². The van der Waals surface area contributed by atoms with Crippen LogP contribution in [0.4, 0.5) is 5.82 Å². The van der Waals surface area contributed by atoms with Gasteiger partial charge in [0.15, 0.2) is 0 Å². The highest BCUT2D eigenvalue weighted by Gasteiger charge is 2.28. The lowest BCUT2D eigenvalue weighted by molar-refractivity contribution is 0.0998. The normalized spacial score (nSPS) is 16.0. The van der Waals surface area contributed by atoms with Crippen LogP contribution in [0.1, 0.15) is 53.6 Å². The minimum Gasteiger partial charge on any atom is -0.457 e. The van der Waals surface area contributed by atoms with E-state index < -0.39 is 5.91 Å². The average Bonchev–Trinajstić information content (AvgIpc) is 3.24. The lowest BCUT2D eigenvalue weighted by atomic mass is 9.93. The number of carbonyl (C=O) groups is 1. The number of hydrogen-bond acceptors (Lipinski definition) is 4. The minimum atomic E-state index is -0.444. The first-order chi connectivity index (χ1) is 14.9. The van der Waals surface area contributed by atoms with E-state index >= 15 is 0 Å². The summed E-state index contributed by atoms with van der Waals surface area (Å²) in [6, 6.07) is 17.4. The molecule has 2 N–H and O–H groups in total. The third-order valence-corrected chi connectivity index (χ3v) is 5.95. The monoisotopic (exact) mass is 435 g/mol. The Morgan fingerprint density at radius 1 is 1.19 bits per heavy atom. The Kier molecular flexibility index (Phi) is 6.14. The molecule has 3 aromatic rings. The number of aromatic nitrogens is 1. The number of amides is 1. The maximum atomic E-state index is 12.3. The molecular formula is C25H26ClN3O2. The number of halogens is 1. The molecule has 1 saturated heterocycles. The van der Waals surface area contributed by atoms with E-state index in [1.807, 2.05) is 42.5 Å². The molecule has 1 aliphatic heterocycles. The van der Waals surface area contributed by atoms with Crippen LogP contribution < -0.4 is 15.4 Å². The van der Waals surface area contributed by atoms with Gasteiger partial charge in [0.25, 0.3) is 0 Å². The Hall–Kier alpha value is -3.05. The van der Waals surface area contributed by atoms with E-state index in [1.165, 1.54) is 0 Å². The zero-order valence-corrected chi connectivity index (χ0v) is 18.5. The first-order valence-corrected chi connectivity index (χ1v) is 10.9. The SMILES string of the molecule is CC(C)c1ccccc1Oc1ccc(C2CCN(c3ccc(Cl)cn3)C2)c(C(N)=O)c1. The first kappa shape index (κ1) is 21.2. The van der Waals surface area contributed by atoms with Crippen LogP contribution in [0.2, 0.25) is 5.02 Å². The van der Waals surface area contributed by atoms with Gasteiger partial charge in [0.05, 0.1) is 5.02 Å². The number of para-hydroxylation sites is 1. The number of nitrogens with zero attached hydrogens (tertiary/aromatic N) is 2. The van der Waals surface area contributed by atoms with Crippen LogP contribution in [0.15, 0.2) is 60.8 Å². The zero-order chi connectivity index (χ0) is 22.0. The molecule has 1 unspecified atom stereocenters. The second kappa shape index (κ2) is 8.98. The summed E-state index contributed by atoms with van der Waals surface area (Å²) in [5, 5.41) is 0.616. The van der Waals surface area contributed by atoms with Gasteiger partial charge in [0, 0.05) is 30.8 Å². The van der Waals surface area contributed by atoms with E-state index in [0.29, 0.717) is 22.3 Å². The van der Waals surface area contributed by atoms with Crippen molar-refractivity contribution in [3.8, 4) is 11.5 Å². The molecule has 1 atom stereocenters. The summed E-state index contributed by atoms with van der Waals surface area (Å²) < 4.78 is 6.14. The molecule has 160 valence electrons. The van der Waals surface area contributed by atoms with Gasteiger partial charge < -0.3 is 15.4 Å². The lowest BCUT2D eigenvalue weighted by Gasteiger charge is -2.19. The van der Waals surface area contributed by atoms with Gasteiger partial charge in [0.2, 0.25) is 5.91 Å². The summed E-state index contributed by atoms with van der Waals surface area (Å²) in [7, 11) is 0. The number of rotatable bonds is 6. The first-order valence-electron chi connectivity index (χ1n) is 10.5. The van der Waals surface area contributed by atoms with Crippen LogP contribution in [0.5, 0.6) is 11.5 Å². The maximum Gasteiger partial charge on any atom is 0.249 e. The minimum absolute atomic E-state index is 0.192. The van der Waals surface area contributed by atoms with Crippen LogP contribution in [0.25, 0.3) is 0 Å². The van der Waals surface area contributed by atoms with Crippen molar-refractivity contribution < 1.29 is 9.53 Å². The Morgan fingerprint density at radius 3 is 2.71 bits per heavy atom. The van der Waals surface area contributed by atoms with E-state index in [0.717, 1.165) is 42.2 Å². The van der Waals surface area contributed by atoms with Crippen molar-refractivity contribution in [1.82, 2.24) is 4.98 Å². The quantitative estimate of drug-likeness (QED) is 0.535. The van der Waals surface area contributed by atoms with Crippen molar-refractivity contribution in [2.24, 2.45) is 5.73 Å². The zero-order valence-electron chi connectivity index (χ0n) is 17.7. The molecule has 1 aliphatic rings. The number of anilines is 1. The Balaban J connectivity index is 1.57. The summed E-state index contributed by atoms with van der Waals surface area (Å²) in [6.07, 6.45) is 2.57. The number of ether oxygens (including phenoxy) is 1. The molecular weight excluding hydrogens is 410 g/mol. The Bertz CT molecular complexity index is 1080. The van der Waals surface area contributed by atoms with Crippen molar-refractivity contribution in [3.63, 3.8) is 0 Å². The summed E-state index contributed by atoms with van der Waals surface area (Å²) in [5.74, 6) is 2.37. The summed E-state index contributed by atoms with van der Waals surface area (Å²) in [5.41, 5.74) is 8.33. The predicted octanol–water partition coefficient (Wildman–Crippen LogP) is 5.74. The van der Waals surface area contributed by atoms with Gasteiger partial charge in [-0.1, -0.05) is 49.7 Å². The number of primary amides is 1. The molecule has 0 saturated carbocycles. The highest BCUT2D eigenvalue weighted by molar-refractivity contribution is 6.30. The third-order valence-electron chi connectivity index (χ3n) is 5.72. The van der Waals surface area contributed by atoms with Gasteiger partial charge in [-0.15, -0.1) is 0 Å². The largest absolute Gasteiger partial charge is 0.457 e.